The maximum Gasteiger partial charge on any atom is 0.289 e. The first-order valence-electron chi connectivity index (χ1n) is 5.43. The fourth-order valence-electron chi connectivity index (χ4n) is 2.85. The Morgan fingerprint density at radius 2 is 2.13 bits per heavy atom. The van der Waals surface area contributed by atoms with Crippen molar-refractivity contribution >= 4 is 5.91 Å². The van der Waals surface area contributed by atoms with Crippen molar-refractivity contribution in [2.75, 3.05) is 13.1 Å². The summed E-state index contributed by atoms with van der Waals surface area (Å²) in [6, 6.07) is 3.49. The van der Waals surface area contributed by atoms with Gasteiger partial charge < -0.3 is 9.32 Å². The minimum absolute atomic E-state index is 0.0444. The van der Waals surface area contributed by atoms with Crippen LogP contribution in [-0.4, -0.2) is 23.9 Å². The summed E-state index contributed by atoms with van der Waals surface area (Å²) in [5, 5.41) is 0. The Morgan fingerprint density at radius 3 is 2.67 bits per heavy atom. The second kappa shape index (κ2) is 2.65. The highest BCUT2D eigenvalue weighted by molar-refractivity contribution is 5.91. The third-order valence-electron chi connectivity index (χ3n) is 4.14. The predicted octanol–water partition coefficient (Wildman–Crippen LogP) is 2.01. The SMILES string of the molecule is CC1(C)C2CN(C(=O)c3ccco3)CC21. The number of carbonyl (C=O) groups excluding carboxylic acids is 1. The van der Waals surface area contributed by atoms with Gasteiger partial charge in [0, 0.05) is 13.1 Å². The molecule has 2 fully saturated rings. The maximum absolute atomic E-state index is 11.9. The minimum Gasteiger partial charge on any atom is -0.459 e. The largest absolute Gasteiger partial charge is 0.459 e. The Labute approximate surface area is 89.1 Å². The van der Waals surface area contributed by atoms with Crippen molar-refractivity contribution in [3.05, 3.63) is 24.2 Å². The molecule has 1 aromatic rings. The molecule has 1 amide bonds. The van der Waals surface area contributed by atoms with E-state index in [2.05, 4.69) is 13.8 Å². The van der Waals surface area contributed by atoms with E-state index in [4.69, 9.17) is 4.42 Å². The molecule has 2 atom stereocenters. The van der Waals surface area contributed by atoms with E-state index >= 15 is 0 Å². The van der Waals surface area contributed by atoms with E-state index in [1.54, 1.807) is 18.4 Å². The number of furan rings is 1. The van der Waals surface area contributed by atoms with E-state index in [1.165, 1.54) is 0 Å². The van der Waals surface area contributed by atoms with E-state index in [-0.39, 0.29) is 5.91 Å². The quantitative estimate of drug-likeness (QED) is 0.702. The molecule has 3 heteroatoms. The summed E-state index contributed by atoms with van der Waals surface area (Å²) in [7, 11) is 0. The number of amides is 1. The molecule has 1 saturated carbocycles. The lowest BCUT2D eigenvalue weighted by atomic mass is 10.1. The highest BCUT2D eigenvalue weighted by Gasteiger charge is 2.62. The lowest BCUT2D eigenvalue weighted by molar-refractivity contribution is 0.0726. The van der Waals surface area contributed by atoms with Crippen molar-refractivity contribution in [3.8, 4) is 0 Å². The number of carbonyl (C=O) groups is 1. The molecule has 1 aliphatic heterocycles. The van der Waals surface area contributed by atoms with Crippen LogP contribution in [0.2, 0.25) is 0 Å². The van der Waals surface area contributed by atoms with Crippen LogP contribution in [0.15, 0.2) is 22.8 Å². The standard InChI is InChI=1S/C12H15NO2/c1-12(2)8-6-13(7-9(8)12)11(14)10-4-3-5-15-10/h3-5,8-9H,6-7H2,1-2H3. The zero-order chi connectivity index (χ0) is 10.6. The number of hydrogen-bond acceptors (Lipinski definition) is 2. The van der Waals surface area contributed by atoms with E-state index in [9.17, 15) is 4.79 Å². The number of piperidine rings is 1. The molecule has 3 nitrogen and oxygen atoms in total. The van der Waals surface area contributed by atoms with Gasteiger partial charge in [0.2, 0.25) is 0 Å². The Morgan fingerprint density at radius 1 is 1.47 bits per heavy atom. The topological polar surface area (TPSA) is 33.5 Å². The number of nitrogens with zero attached hydrogens (tertiary/aromatic N) is 1. The third kappa shape index (κ3) is 1.15. The zero-order valence-corrected chi connectivity index (χ0v) is 9.06. The average Bonchev–Trinajstić information content (AvgIpc) is 2.79. The predicted molar refractivity (Wildman–Crippen MR) is 55.4 cm³/mol. The average molecular weight is 205 g/mol. The Hall–Kier alpha value is -1.25. The van der Waals surface area contributed by atoms with Crippen molar-refractivity contribution in [1.29, 1.82) is 0 Å². The van der Waals surface area contributed by atoms with Crippen LogP contribution in [0, 0.1) is 17.3 Å². The van der Waals surface area contributed by atoms with E-state index in [1.807, 2.05) is 4.90 Å². The molecular formula is C12H15NO2. The van der Waals surface area contributed by atoms with Crippen molar-refractivity contribution in [2.45, 2.75) is 13.8 Å². The lowest BCUT2D eigenvalue weighted by Crippen LogP contribution is -2.32. The summed E-state index contributed by atoms with van der Waals surface area (Å²) in [5.41, 5.74) is 0.458. The van der Waals surface area contributed by atoms with Gasteiger partial charge in [-0.05, 0) is 29.4 Å². The molecule has 1 aliphatic carbocycles. The van der Waals surface area contributed by atoms with Crippen LogP contribution >= 0.6 is 0 Å². The summed E-state index contributed by atoms with van der Waals surface area (Å²) in [4.78, 5) is 13.8. The van der Waals surface area contributed by atoms with Gasteiger partial charge in [0.05, 0.1) is 6.26 Å². The highest BCUT2D eigenvalue weighted by Crippen LogP contribution is 2.62. The normalized spacial score (nSPS) is 31.5. The van der Waals surface area contributed by atoms with Crippen molar-refractivity contribution in [1.82, 2.24) is 4.90 Å². The van der Waals surface area contributed by atoms with Crippen molar-refractivity contribution in [3.63, 3.8) is 0 Å². The second-order valence-corrected chi connectivity index (χ2v) is 5.22. The van der Waals surface area contributed by atoms with Gasteiger partial charge in [0.15, 0.2) is 5.76 Å². The molecule has 0 N–H and O–H groups in total. The zero-order valence-electron chi connectivity index (χ0n) is 9.06. The molecule has 2 aliphatic rings. The van der Waals surface area contributed by atoms with Crippen LogP contribution in [-0.2, 0) is 0 Å². The number of rotatable bonds is 1. The van der Waals surface area contributed by atoms with E-state index in [0.717, 1.165) is 13.1 Å². The smallest absolute Gasteiger partial charge is 0.289 e. The molecule has 0 bridgehead atoms. The third-order valence-corrected chi connectivity index (χ3v) is 4.14. The highest BCUT2D eigenvalue weighted by atomic mass is 16.3. The van der Waals surface area contributed by atoms with Gasteiger partial charge in [-0.1, -0.05) is 13.8 Å². The van der Waals surface area contributed by atoms with E-state index < -0.39 is 0 Å². The summed E-state index contributed by atoms with van der Waals surface area (Å²) in [5.74, 6) is 1.92. The van der Waals surface area contributed by atoms with Crippen molar-refractivity contribution < 1.29 is 9.21 Å². The second-order valence-electron chi connectivity index (χ2n) is 5.22. The van der Waals surface area contributed by atoms with Crippen molar-refractivity contribution in [2.24, 2.45) is 17.3 Å². The first-order valence-corrected chi connectivity index (χ1v) is 5.43. The summed E-state index contributed by atoms with van der Waals surface area (Å²) in [6.45, 7) is 6.38. The van der Waals surface area contributed by atoms with Gasteiger partial charge in [0.25, 0.3) is 5.91 Å². The minimum atomic E-state index is 0.0444. The first kappa shape index (κ1) is 9.01. The van der Waals surface area contributed by atoms with Gasteiger partial charge in [0.1, 0.15) is 0 Å². The van der Waals surface area contributed by atoms with Gasteiger partial charge in [-0.25, -0.2) is 0 Å². The number of likely N-dealkylation sites (tertiary alicyclic amines) is 1. The first-order chi connectivity index (χ1) is 7.10. The van der Waals surface area contributed by atoms with Crippen LogP contribution in [0.1, 0.15) is 24.4 Å². The molecule has 80 valence electrons. The molecule has 1 aromatic heterocycles. The van der Waals surface area contributed by atoms with Crippen LogP contribution in [0.3, 0.4) is 0 Å². The molecule has 0 spiro atoms. The fourth-order valence-corrected chi connectivity index (χ4v) is 2.85. The molecule has 1 saturated heterocycles. The van der Waals surface area contributed by atoms with Gasteiger partial charge in [-0.3, -0.25) is 4.79 Å². The number of fused-ring (bicyclic) bond motifs is 1. The van der Waals surface area contributed by atoms with Gasteiger partial charge in [-0.15, -0.1) is 0 Å². The molecule has 15 heavy (non-hydrogen) atoms. The van der Waals surface area contributed by atoms with Crippen LogP contribution in [0.5, 0.6) is 0 Å². The molecule has 2 unspecified atom stereocenters. The maximum atomic E-state index is 11.9. The van der Waals surface area contributed by atoms with Crippen LogP contribution in [0.25, 0.3) is 0 Å². The molecular weight excluding hydrogens is 190 g/mol. The lowest BCUT2D eigenvalue weighted by Gasteiger charge is -2.20. The Kier molecular flexibility index (Phi) is 1.59. The van der Waals surface area contributed by atoms with E-state index in [0.29, 0.717) is 23.0 Å². The van der Waals surface area contributed by atoms with Crippen LogP contribution < -0.4 is 0 Å². The summed E-state index contributed by atoms with van der Waals surface area (Å²) < 4.78 is 5.12. The Balaban J connectivity index is 1.71. The molecule has 0 radical (unpaired) electrons. The Bertz CT molecular complexity index is 380. The van der Waals surface area contributed by atoms with Gasteiger partial charge >= 0.3 is 0 Å². The van der Waals surface area contributed by atoms with Gasteiger partial charge in [-0.2, -0.15) is 0 Å². The fraction of sp³-hybridized carbons (Fsp3) is 0.583. The monoisotopic (exact) mass is 205 g/mol. The van der Waals surface area contributed by atoms with Crippen LogP contribution in [0.4, 0.5) is 0 Å². The number of hydrogen-bond donors (Lipinski definition) is 0. The molecule has 2 heterocycles. The molecule has 0 aromatic carbocycles. The summed E-state index contributed by atoms with van der Waals surface area (Å²) in [6.07, 6.45) is 1.55. The molecule has 3 rings (SSSR count). The summed E-state index contributed by atoms with van der Waals surface area (Å²) >= 11 is 0.